The van der Waals surface area contributed by atoms with Gasteiger partial charge in [0, 0.05) is 11.8 Å². The van der Waals surface area contributed by atoms with E-state index >= 15 is 0 Å². The minimum Gasteiger partial charge on any atom is -0.493 e. The Morgan fingerprint density at radius 3 is 2.27 bits per heavy atom. The zero-order chi connectivity index (χ0) is 21.5. The minimum absolute atomic E-state index is 0.0175. The first-order valence-corrected chi connectivity index (χ1v) is 9.62. The van der Waals surface area contributed by atoms with Gasteiger partial charge < -0.3 is 18.9 Å². The monoisotopic (exact) mass is 412 g/mol. The van der Waals surface area contributed by atoms with Crippen molar-refractivity contribution in [1.82, 2.24) is 0 Å². The Morgan fingerprint density at radius 2 is 1.60 bits per heavy atom. The normalized spacial score (nSPS) is 17.4. The zero-order valence-corrected chi connectivity index (χ0v) is 16.9. The van der Waals surface area contributed by atoms with E-state index in [4.69, 9.17) is 18.9 Å². The van der Waals surface area contributed by atoms with Gasteiger partial charge in [0.15, 0.2) is 5.92 Å². The first-order chi connectivity index (χ1) is 14.5. The molecule has 0 bridgehead atoms. The molecule has 0 aliphatic carbocycles. The lowest BCUT2D eigenvalue weighted by atomic mass is 9.74. The average molecular weight is 412 g/mol. The molecule has 158 valence electrons. The van der Waals surface area contributed by atoms with Gasteiger partial charge in [0.25, 0.3) is 0 Å². The van der Waals surface area contributed by atoms with E-state index in [0.717, 1.165) is 5.56 Å². The van der Waals surface area contributed by atoms with Gasteiger partial charge in [0.2, 0.25) is 0 Å². The number of ether oxygens (including phenoxy) is 4. The van der Waals surface area contributed by atoms with E-state index in [9.17, 15) is 14.4 Å². The van der Waals surface area contributed by atoms with Gasteiger partial charge in [-0.2, -0.15) is 0 Å². The Kier molecular flexibility index (Phi) is 7.06. The molecule has 2 aromatic rings. The van der Waals surface area contributed by atoms with Gasteiger partial charge in [-0.3, -0.25) is 14.4 Å². The molecule has 3 rings (SSSR count). The van der Waals surface area contributed by atoms with Crippen molar-refractivity contribution in [3.05, 3.63) is 65.7 Å². The van der Waals surface area contributed by atoms with E-state index in [2.05, 4.69) is 0 Å². The van der Waals surface area contributed by atoms with Gasteiger partial charge in [-0.1, -0.05) is 48.5 Å². The van der Waals surface area contributed by atoms with E-state index in [1.165, 1.54) is 14.2 Å². The summed E-state index contributed by atoms with van der Waals surface area (Å²) in [5.74, 6) is -3.63. The number of carbonyl (C=O) groups excluding carboxylic acids is 3. The van der Waals surface area contributed by atoms with Crippen LogP contribution in [0, 0.1) is 11.8 Å². The summed E-state index contributed by atoms with van der Waals surface area (Å²) in [7, 11) is 2.43. The lowest BCUT2D eigenvalue weighted by Crippen LogP contribution is -2.40. The molecule has 30 heavy (non-hydrogen) atoms. The summed E-state index contributed by atoms with van der Waals surface area (Å²) in [6.07, 6.45) is -0.0175. The predicted molar refractivity (Wildman–Crippen MR) is 107 cm³/mol. The number of carbonyl (C=O) groups is 3. The summed E-state index contributed by atoms with van der Waals surface area (Å²) in [6.45, 7) is 0.304. The molecule has 0 saturated carbocycles. The lowest BCUT2D eigenvalue weighted by Gasteiger charge is -2.35. The van der Waals surface area contributed by atoms with Gasteiger partial charge in [0.1, 0.15) is 12.4 Å². The molecule has 2 atom stereocenters. The second kappa shape index (κ2) is 9.91. The third-order valence-electron chi connectivity index (χ3n) is 5.18. The number of benzene rings is 2. The third-order valence-corrected chi connectivity index (χ3v) is 5.18. The Morgan fingerprint density at radius 1 is 0.967 bits per heavy atom. The fourth-order valence-corrected chi connectivity index (χ4v) is 3.73. The van der Waals surface area contributed by atoms with Gasteiger partial charge in [-0.15, -0.1) is 0 Å². The molecule has 0 amide bonds. The highest BCUT2D eigenvalue weighted by Gasteiger charge is 2.46. The summed E-state index contributed by atoms with van der Waals surface area (Å²) in [6, 6.07) is 16.5. The highest BCUT2D eigenvalue weighted by Crippen LogP contribution is 2.44. The number of rotatable bonds is 7. The van der Waals surface area contributed by atoms with Crippen molar-refractivity contribution >= 4 is 17.9 Å². The molecule has 7 heteroatoms. The number of fused-ring (bicyclic) bond motifs is 1. The van der Waals surface area contributed by atoms with Crippen molar-refractivity contribution in [3.8, 4) is 5.75 Å². The lowest BCUT2D eigenvalue weighted by molar-refractivity contribution is -0.162. The van der Waals surface area contributed by atoms with Crippen LogP contribution < -0.4 is 4.74 Å². The Balaban J connectivity index is 1.83. The second-order valence-corrected chi connectivity index (χ2v) is 7.01. The summed E-state index contributed by atoms with van der Waals surface area (Å²) >= 11 is 0. The molecule has 0 aromatic heterocycles. The highest BCUT2D eigenvalue weighted by atomic mass is 16.5. The van der Waals surface area contributed by atoms with Crippen LogP contribution in [-0.4, -0.2) is 38.7 Å². The summed E-state index contributed by atoms with van der Waals surface area (Å²) < 4.78 is 20.9. The maximum Gasteiger partial charge on any atom is 0.320 e. The smallest absolute Gasteiger partial charge is 0.320 e. The molecular weight excluding hydrogens is 388 g/mol. The van der Waals surface area contributed by atoms with E-state index in [1.54, 1.807) is 24.3 Å². The number of methoxy groups -OCH3 is 2. The van der Waals surface area contributed by atoms with Crippen LogP contribution in [0.4, 0.5) is 0 Å². The van der Waals surface area contributed by atoms with Crippen LogP contribution in [0.1, 0.15) is 23.5 Å². The Hall–Kier alpha value is -3.35. The molecule has 2 unspecified atom stereocenters. The summed E-state index contributed by atoms with van der Waals surface area (Å²) in [5.41, 5.74) is 1.53. The fourth-order valence-electron chi connectivity index (χ4n) is 3.73. The fraction of sp³-hybridized carbons (Fsp3) is 0.348. The molecular formula is C23H24O7. The summed E-state index contributed by atoms with van der Waals surface area (Å²) in [5, 5.41) is 0. The standard InChI is InChI=1S/C23H24O7/c1-27-22(25)21(23(26)28-2)20-16(14-29-18-11-7-6-10-17(18)20)12-19(24)30-13-15-8-4-3-5-9-15/h3-11,16,20-21H,12-14H2,1-2H3. The van der Waals surface area contributed by atoms with Crippen molar-refractivity contribution in [2.75, 3.05) is 20.8 Å². The third kappa shape index (κ3) is 4.79. The van der Waals surface area contributed by atoms with E-state index in [-0.39, 0.29) is 19.6 Å². The molecule has 1 aliphatic rings. The molecule has 0 spiro atoms. The van der Waals surface area contributed by atoms with Crippen molar-refractivity contribution < 1.29 is 33.3 Å². The maximum atomic E-state index is 12.5. The predicted octanol–water partition coefficient (Wildman–Crippen LogP) is 2.87. The van der Waals surface area contributed by atoms with E-state index in [0.29, 0.717) is 11.3 Å². The molecule has 1 aliphatic heterocycles. The zero-order valence-electron chi connectivity index (χ0n) is 16.9. The number of hydrogen-bond donors (Lipinski definition) is 0. The molecule has 2 aromatic carbocycles. The van der Waals surface area contributed by atoms with Crippen molar-refractivity contribution in [2.45, 2.75) is 18.9 Å². The van der Waals surface area contributed by atoms with Crippen molar-refractivity contribution in [1.29, 1.82) is 0 Å². The number of esters is 3. The van der Waals surface area contributed by atoms with Crippen LogP contribution in [-0.2, 0) is 35.2 Å². The van der Waals surface area contributed by atoms with Crippen LogP contribution >= 0.6 is 0 Å². The summed E-state index contributed by atoms with van der Waals surface area (Å²) in [4.78, 5) is 37.5. The Bertz CT molecular complexity index is 877. The minimum atomic E-state index is -1.21. The molecule has 0 radical (unpaired) electrons. The molecule has 0 N–H and O–H groups in total. The molecule has 0 fully saturated rings. The molecule has 7 nitrogen and oxygen atoms in total. The van der Waals surface area contributed by atoms with Gasteiger partial charge >= 0.3 is 17.9 Å². The highest BCUT2D eigenvalue weighted by molar-refractivity contribution is 5.96. The van der Waals surface area contributed by atoms with Crippen LogP contribution in [0.2, 0.25) is 0 Å². The number of para-hydroxylation sites is 1. The quantitative estimate of drug-likeness (QED) is 0.392. The van der Waals surface area contributed by atoms with E-state index < -0.39 is 35.7 Å². The first-order valence-electron chi connectivity index (χ1n) is 9.62. The van der Waals surface area contributed by atoms with Crippen molar-refractivity contribution in [2.24, 2.45) is 11.8 Å². The van der Waals surface area contributed by atoms with Crippen LogP contribution in [0.5, 0.6) is 5.75 Å². The van der Waals surface area contributed by atoms with Gasteiger partial charge in [0.05, 0.1) is 27.2 Å². The van der Waals surface area contributed by atoms with Crippen LogP contribution in [0.3, 0.4) is 0 Å². The maximum absolute atomic E-state index is 12.5. The SMILES string of the molecule is COC(=O)C(C(=O)OC)C1c2ccccc2OCC1CC(=O)OCc1ccccc1. The topological polar surface area (TPSA) is 88.1 Å². The molecule has 1 heterocycles. The number of hydrogen-bond acceptors (Lipinski definition) is 7. The van der Waals surface area contributed by atoms with Gasteiger partial charge in [-0.05, 0) is 17.2 Å². The van der Waals surface area contributed by atoms with Crippen LogP contribution in [0.15, 0.2) is 54.6 Å². The second-order valence-electron chi connectivity index (χ2n) is 7.01. The Labute approximate surface area is 174 Å². The van der Waals surface area contributed by atoms with Crippen LogP contribution in [0.25, 0.3) is 0 Å². The van der Waals surface area contributed by atoms with Gasteiger partial charge in [-0.25, -0.2) is 0 Å². The average Bonchev–Trinajstić information content (AvgIpc) is 2.79. The largest absolute Gasteiger partial charge is 0.493 e. The first kappa shape index (κ1) is 21.4. The molecule has 0 saturated heterocycles. The van der Waals surface area contributed by atoms with Crippen molar-refractivity contribution in [3.63, 3.8) is 0 Å². The van der Waals surface area contributed by atoms with E-state index in [1.807, 2.05) is 30.3 Å².